The molecule has 8 heteroatoms. The Kier molecular flexibility index (Phi) is 6.51. The summed E-state index contributed by atoms with van der Waals surface area (Å²) in [4.78, 5) is 27.1. The summed E-state index contributed by atoms with van der Waals surface area (Å²) in [6.45, 7) is 0.202. The van der Waals surface area contributed by atoms with E-state index in [1.807, 2.05) is 12.1 Å². The molecule has 1 heterocycles. The quantitative estimate of drug-likeness (QED) is 0.409. The number of benzene rings is 3. The van der Waals surface area contributed by atoms with E-state index in [0.29, 0.717) is 21.9 Å². The summed E-state index contributed by atoms with van der Waals surface area (Å²) >= 11 is 6.39. The zero-order chi connectivity index (χ0) is 23.5. The van der Waals surface area contributed by atoms with Crippen LogP contribution in [0.3, 0.4) is 0 Å². The SMILES string of the molecule is COc1ccc(CN2C(=O)C[C@@H](c3ccccc3Cl)[C@H]([N+](=O)[O-])[C@H]2c2ccc(O)cc2)cc1. The number of aromatic hydroxyl groups is 1. The van der Waals surface area contributed by atoms with Crippen molar-refractivity contribution in [1.29, 1.82) is 0 Å². The first-order valence-electron chi connectivity index (χ1n) is 10.5. The zero-order valence-corrected chi connectivity index (χ0v) is 18.7. The van der Waals surface area contributed by atoms with Crippen LogP contribution in [0.5, 0.6) is 11.5 Å². The van der Waals surface area contributed by atoms with Crippen LogP contribution in [0.1, 0.15) is 35.1 Å². The molecule has 3 atom stereocenters. The fourth-order valence-electron chi connectivity index (χ4n) is 4.48. The van der Waals surface area contributed by atoms with Crippen molar-refractivity contribution < 1.29 is 19.6 Å². The van der Waals surface area contributed by atoms with Crippen molar-refractivity contribution in [3.63, 3.8) is 0 Å². The number of ether oxygens (including phenoxy) is 1. The molecule has 1 fully saturated rings. The molecular formula is C25H23ClN2O5. The third kappa shape index (κ3) is 4.64. The molecule has 0 radical (unpaired) electrons. The van der Waals surface area contributed by atoms with Gasteiger partial charge in [0.1, 0.15) is 17.5 Å². The Balaban J connectivity index is 1.80. The first-order chi connectivity index (χ1) is 15.9. The third-order valence-electron chi connectivity index (χ3n) is 6.08. The molecule has 1 aliphatic heterocycles. The lowest BCUT2D eigenvalue weighted by molar-refractivity contribution is -0.537. The van der Waals surface area contributed by atoms with Crippen LogP contribution in [0.25, 0.3) is 0 Å². The van der Waals surface area contributed by atoms with E-state index in [1.54, 1.807) is 60.5 Å². The molecule has 0 bridgehead atoms. The molecule has 0 saturated carbocycles. The number of piperidine rings is 1. The van der Waals surface area contributed by atoms with E-state index < -0.39 is 18.0 Å². The molecule has 0 aliphatic carbocycles. The number of likely N-dealkylation sites (tertiary alicyclic amines) is 1. The topological polar surface area (TPSA) is 92.9 Å². The Morgan fingerprint density at radius 1 is 1.09 bits per heavy atom. The van der Waals surface area contributed by atoms with Gasteiger partial charge in [-0.2, -0.15) is 0 Å². The Hall–Kier alpha value is -3.58. The summed E-state index contributed by atoms with van der Waals surface area (Å²) in [6.07, 6.45) is -0.0277. The monoisotopic (exact) mass is 466 g/mol. The van der Waals surface area contributed by atoms with Gasteiger partial charge in [0.2, 0.25) is 11.9 Å². The Morgan fingerprint density at radius 3 is 2.36 bits per heavy atom. The number of phenols is 1. The minimum absolute atomic E-state index is 0.0277. The molecule has 33 heavy (non-hydrogen) atoms. The predicted molar refractivity (Wildman–Crippen MR) is 124 cm³/mol. The second-order valence-electron chi connectivity index (χ2n) is 8.01. The Labute approximate surface area is 196 Å². The van der Waals surface area contributed by atoms with Gasteiger partial charge in [0, 0.05) is 22.9 Å². The molecule has 3 aromatic rings. The number of carbonyl (C=O) groups excluding carboxylic acids is 1. The summed E-state index contributed by atoms with van der Waals surface area (Å²) < 4.78 is 5.20. The van der Waals surface area contributed by atoms with Gasteiger partial charge in [-0.1, -0.05) is 54.1 Å². The normalized spacial score (nSPS) is 20.5. The smallest absolute Gasteiger partial charge is 0.244 e. The Morgan fingerprint density at radius 2 is 1.76 bits per heavy atom. The van der Waals surface area contributed by atoms with Gasteiger partial charge in [0.25, 0.3) is 0 Å². The van der Waals surface area contributed by atoms with Crippen LogP contribution < -0.4 is 4.74 Å². The third-order valence-corrected chi connectivity index (χ3v) is 6.43. The van der Waals surface area contributed by atoms with E-state index in [-0.39, 0.29) is 29.5 Å². The molecule has 0 unspecified atom stereocenters. The molecule has 1 N–H and O–H groups in total. The van der Waals surface area contributed by atoms with E-state index >= 15 is 0 Å². The van der Waals surface area contributed by atoms with Gasteiger partial charge in [-0.15, -0.1) is 0 Å². The van der Waals surface area contributed by atoms with Gasteiger partial charge in [-0.3, -0.25) is 14.9 Å². The van der Waals surface area contributed by atoms with Gasteiger partial charge in [-0.05, 0) is 47.0 Å². The fraction of sp³-hybridized carbons (Fsp3) is 0.240. The van der Waals surface area contributed by atoms with E-state index in [4.69, 9.17) is 16.3 Å². The predicted octanol–water partition coefficient (Wildman–Crippen LogP) is 4.96. The second kappa shape index (κ2) is 9.50. The highest BCUT2D eigenvalue weighted by Gasteiger charge is 2.51. The number of hydrogen-bond acceptors (Lipinski definition) is 5. The van der Waals surface area contributed by atoms with Crippen LogP contribution in [-0.2, 0) is 11.3 Å². The van der Waals surface area contributed by atoms with Crippen molar-refractivity contribution in [2.75, 3.05) is 7.11 Å². The number of hydrogen-bond donors (Lipinski definition) is 1. The van der Waals surface area contributed by atoms with Crippen LogP contribution in [0.2, 0.25) is 5.02 Å². The molecule has 0 aromatic heterocycles. The number of nitro groups is 1. The van der Waals surface area contributed by atoms with Gasteiger partial charge in [0.05, 0.1) is 13.0 Å². The second-order valence-corrected chi connectivity index (χ2v) is 8.42. The van der Waals surface area contributed by atoms with Gasteiger partial charge in [0.15, 0.2) is 0 Å². The summed E-state index contributed by atoms with van der Waals surface area (Å²) in [5.74, 6) is -0.164. The summed E-state index contributed by atoms with van der Waals surface area (Å²) in [6, 6.07) is 18.4. The first-order valence-corrected chi connectivity index (χ1v) is 10.9. The largest absolute Gasteiger partial charge is 0.508 e. The zero-order valence-electron chi connectivity index (χ0n) is 17.9. The summed E-state index contributed by atoms with van der Waals surface area (Å²) in [5, 5.41) is 22.6. The highest BCUT2D eigenvalue weighted by molar-refractivity contribution is 6.31. The number of halogens is 1. The van der Waals surface area contributed by atoms with Gasteiger partial charge < -0.3 is 14.7 Å². The lowest BCUT2D eigenvalue weighted by atomic mass is 9.78. The van der Waals surface area contributed by atoms with Crippen LogP contribution >= 0.6 is 11.6 Å². The van der Waals surface area contributed by atoms with Gasteiger partial charge >= 0.3 is 0 Å². The van der Waals surface area contributed by atoms with E-state index in [2.05, 4.69) is 0 Å². The molecule has 170 valence electrons. The van der Waals surface area contributed by atoms with E-state index in [9.17, 15) is 20.0 Å². The molecule has 1 amide bonds. The first kappa shape index (κ1) is 22.6. The highest BCUT2D eigenvalue weighted by Crippen LogP contribution is 2.44. The minimum atomic E-state index is -1.12. The highest BCUT2D eigenvalue weighted by atomic mass is 35.5. The minimum Gasteiger partial charge on any atom is -0.508 e. The average Bonchev–Trinajstić information content (AvgIpc) is 2.81. The summed E-state index contributed by atoms with van der Waals surface area (Å²) in [7, 11) is 1.57. The van der Waals surface area contributed by atoms with Crippen LogP contribution in [0.15, 0.2) is 72.8 Å². The van der Waals surface area contributed by atoms with Crippen molar-refractivity contribution in [1.82, 2.24) is 4.90 Å². The number of carbonyl (C=O) groups is 1. The van der Waals surface area contributed by atoms with E-state index in [1.165, 1.54) is 12.1 Å². The maximum Gasteiger partial charge on any atom is 0.244 e. The number of nitrogens with zero attached hydrogens (tertiary/aromatic N) is 2. The van der Waals surface area contributed by atoms with Crippen molar-refractivity contribution in [3.05, 3.63) is 105 Å². The maximum absolute atomic E-state index is 13.4. The number of methoxy groups -OCH3 is 1. The fourth-order valence-corrected chi connectivity index (χ4v) is 4.76. The molecule has 1 saturated heterocycles. The van der Waals surface area contributed by atoms with Crippen LogP contribution in [0, 0.1) is 10.1 Å². The van der Waals surface area contributed by atoms with Crippen molar-refractivity contribution in [2.45, 2.75) is 31.0 Å². The lowest BCUT2D eigenvalue weighted by Crippen LogP contribution is -2.51. The molecule has 4 rings (SSSR count). The maximum atomic E-state index is 13.4. The number of rotatable bonds is 6. The molecule has 1 aliphatic rings. The molecule has 7 nitrogen and oxygen atoms in total. The molecule has 0 spiro atoms. The Bertz CT molecular complexity index is 1150. The molecular weight excluding hydrogens is 444 g/mol. The van der Waals surface area contributed by atoms with Crippen molar-refractivity contribution in [3.8, 4) is 11.5 Å². The standard InChI is InChI=1S/C25H23ClN2O5/c1-33-19-12-6-16(7-13-19)15-27-23(30)14-21(20-4-2-3-5-22(20)26)25(28(31)32)24(27)17-8-10-18(29)11-9-17/h2-13,21,24-25,29H,14-15H2,1H3/t21-,24+,25-/m0/s1. The number of phenolic OH excluding ortho intramolecular Hbond substituents is 1. The van der Waals surface area contributed by atoms with Crippen molar-refractivity contribution >= 4 is 17.5 Å². The molecule has 3 aromatic carbocycles. The van der Waals surface area contributed by atoms with Crippen LogP contribution in [0.4, 0.5) is 0 Å². The summed E-state index contributed by atoms with van der Waals surface area (Å²) in [5.41, 5.74) is 1.99. The van der Waals surface area contributed by atoms with E-state index in [0.717, 1.165) is 5.56 Å². The average molecular weight is 467 g/mol. The number of amides is 1. The lowest BCUT2D eigenvalue weighted by Gasteiger charge is -2.41. The van der Waals surface area contributed by atoms with Gasteiger partial charge in [-0.25, -0.2) is 0 Å². The van der Waals surface area contributed by atoms with Crippen molar-refractivity contribution in [2.24, 2.45) is 0 Å². The van der Waals surface area contributed by atoms with Crippen LogP contribution in [-0.4, -0.2) is 34.0 Å².